The van der Waals surface area contributed by atoms with Crippen LogP contribution in [-0.4, -0.2) is 18.8 Å². The molecule has 1 amide bonds. The van der Waals surface area contributed by atoms with Crippen LogP contribution in [0.2, 0.25) is 0 Å². The Morgan fingerprint density at radius 2 is 2.06 bits per heavy atom. The third-order valence-corrected chi connectivity index (χ3v) is 2.24. The maximum Gasteiger partial charge on any atom is 0.291 e. The molecule has 0 fully saturated rings. The number of ether oxygens (including phenoxy) is 1. The van der Waals surface area contributed by atoms with Crippen molar-refractivity contribution >= 4 is 17.4 Å². The first kappa shape index (κ1) is 12.2. The topological polar surface area (TPSA) is 55.4 Å². The molecule has 1 aromatic rings. The second kappa shape index (κ2) is 5.30. The summed E-state index contributed by atoms with van der Waals surface area (Å²) in [7, 11) is 1.60. The first-order valence-corrected chi connectivity index (χ1v) is 5.07. The fraction of sp³-hybridized carbons (Fsp3) is 0.333. The monoisotopic (exact) mass is 221 g/mol. The Kier molecular flexibility index (Phi) is 4.05. The van der Waals surface area contributed by atoms with Gasteiger partial charge in [0.05, 0.1) is 7.11 Å². The fourth-order valence-electron chi connectivity index (χ4n) is 1.35. The summed E-state index contributed by atoms with van der Waals surface area (Å²) in [5.74, 6) is -0.329. The van der Waals surface area contributed by atoms with Crippen molar-refractivity contribution in [2.75, 3.05) is 12.4 Å². The summed E-state index contributed by atoms with van der Waals surface area (Å²) < 4.78 is 5.16. The minimum Gasteiger partial charge on any atom is -0.496 e. The first-order chi connectivity index (χ1) is 7.58. The minimum atomic E-state index is -0.604. The van der Waals surface area contributed by atoms with Crippen LogP contribution in [0.4, 0.5) is 5.69 Å². The van der Waals surface area contributed by atoms with Gasteiger partial charge in [-0.15, -0.1) is 0 Å². The van der Waals surface area contributed by atoms with Crippen molar-refractivity contribution in [2.24, 2.45) is 0 Å². The lowest BCUT2D eigenvalue weighted by molar-refractivity contribution is -0.133. The number of anilines is 1. The molecule has 4 heteroatoms. The molecular formula is C12H15NO3. The SMILES string of the molecule is CCc1cc(NC(=O)C(C)=O)ccc1OC. The number of benzene rings is 1. The molecule has 86 valence electrons. The molecule has 1 N–H and O–H groups in total. The summed E-state index contributed by atoms with van der Waals surface area (Å²) >= 11 is 0. The normalized spacial score (nSPS) is 9.69. The lowest BCUT2D eigenvalue weighted by Crippen LogP contribution is -2.19. The highest BCUT2D eigenvalue weighted by Crippen LogP contribution is 2.22. The number of nitrogens with one attached hydrogen (secondary N) is 1. The molecule has 16 heavy (non-hydrogen) atoms. The van der Waals surface area contributed by atoms with Gasteiger partial charge in [0, 0.05) is 12.6 Å². The second-order valence-electron chi connectivity index (χ2n) is 3.39. The van der Waals surface area contributed by atoms with Gasteiger partial charge in [-0.2, -0.15) is 0 Å². The highest BCUT2D eigenvalue weighted by molar-refractivity contribution is 6.39. The lowest BCUT2D eigenvalue weighted by Gasteiger charge is -2.09. The Morgan fingerprint density at radius 3 is 2.56 bits per heavy atom. The largest absolute Gasteiger partial charge is 0.496 e. The summed E-state index contributed by atoms with van der Waals surface area (Å²) in [4.78, 5) is 22.0. The van der Waals surface area contributed by atoms with E-state index in [9.17, 15) is 9.59 Å². The Bertz CT molecular complexity index is 413. The highest BCUT2D eigenvalue weighted by Gasteiger charge is 2.09. The number of hydrogen-bond donors (Lipinski definition) is 1. The predicted octanol–water partition coefficient (Wildman–Crippen LogP) is 1.79. The molecular weight excluding hydrogens is 206 g/mol. The summed E-state index contributed by atoms with van der Waals surface area (Å²) in [6, 6.07) is 5.28. The van der Waals surface area contributed by atoms with E-state index in [0.717, 1.165) is 17.7 Å². The van der Waals surface area contributed by atoms with Crippen LogP contribution < -0.4 is 10.1 Å². The molecule has 0 aromatic heterocycles. The van der Waals surface area contributed by atoms with E-state index >= 15 is 0 Å². The highest BCUT2D eigenvalue weighted by atomic mass is 16.5. The van der Waals surface area contributed by atoms with Gasteiger partial charge >= 0.3 is 0 Å². The van der Waals surface area contributed by atoms with Gasteiger partial charge in [-0.1, -0.05) is 6.92 Å². The maximum atomic E-state index is 11.2. The number of hydrogen-bond acceptors (Lipinski definition) is 3. The smallest absolute Gasteiger partial charge is 0.291 e. The Balaban J connectivity index is 2.91. The van der Waals surface area contributed by atoms with E-state index < -0.39 is 11.7 Å². The first-order valence-electron chi connectivity index (χ1n) is 5.07. The van der Waals surface area contributed by atoms with Crippen molar-refractivity contribution in [3.05, 3.63) is 23.8 Å². The molecule has 0 atom stereocenters. The molecule has 0 aliphatic carbocycles. The quantitative estimate of drug-likeness (QED) is 0.788. The van der Waals surface area contributed by atoms with Crippen LogP contribution in [0, 0.1) is 0 Å². The zero-order chi connectivity index (χ0) is 12.1. The number of carbonyl (C=O) groups is 2. The number of Topliss-reactive ketones (excluding diaryl/α,β-unsaturated/α-hetero) is 1. The lowest BCUT2D eigenvalue weighted by atomic mass is 10.1. The predicted molar refractivity (Wildman–Crippen MR) is 61.7 cm³/mol. The summed E-state index contributed by atoms with van der Waals surface area (Å²) in [5, 5.41) is 2.52. The van der Waals surface area contributed by atoms with Gasteiger partial charge in [0.15, 0.2) is 0 Å². The van der Waals surface area contributed by atoms with Crippen LogP contribution >= 0.6 is 0 Å². The Hall–Kier alpha value is -1.84. The van der Waals surface area contributed by atoms with Gasteiger partial charge in [-0.25, -0.2) is 0 Å². The molecule has 0 bridgehead atoms. The minimum absolute atomic E-state index is 0.506. The van der Waals surface area contributed by atoms with Crippen LogP contribution in [-0.2, 0) is 16.0 Å². The molecule has 1 rings (SSSR count). The Labute approximate surface area is 94.6 Å². The van der Waals surface area contributed by atoms with Crippen LogP contribution in [0.5, 0.6) is 5.75 Å². The molecule has 0 saturated heterocycles. The van der Waals surface area contributed by atoms with Crippen molar-refractivity contribution in [3.63, 3.8) is 0 Å². The fourth-order valence-corrected chi connectivity index (χ4v) is 1.35. The van der Waals surface area contributed by atoms with E-state index in [1.165, 1.54) is 6.92 Å². The molecule has 0 spiro atoms. The van der Waals surface area contributed by atoms with Crippen molar-refractivity contribution in [3.8, 4) is 5.75 Å². The van der Waals surface area contributed by atoms with E-state index in [0.29, 0.717) is 5.69 Å². The molecule has 0 heterocycles. The molecule has 0 aliphatic rings. The molecule has 0 radical (unpaired) electrons. The van der Waals surface area contributed by atoms with E-state index in [2.05, 4.69) is 5.32 Å². The van der Waals surface area contributed by atoms with E-state index in [4.69, 9.17) is 4.74 Å². The van der Waals surface area contributed by atoms with Crippen molar-refractivity contribution in [2.45, 2.75) is 20.3 Å². The summed E-state index contributed by atoms with van der Waals surface area (Å²) in [6.07, 6.45) is 0.799. The average Bonchev–Trinajstić information content (AvgIpc) is 2.28. The van der Waals surface area contributed by atoms with Crippen molar-refractivity contribution < 1.29 is 14.3 Å². The number of rotatable bonds is 4. The van der Waals surface area contributed by atoms with Crippen LogP contribution in [0.15, 0.2) is 18.2 Å². The van der Waals surface area contributed by atoms with Gasteiger partial charge in [-0.3, -0.25) is 9.59 Å². The summed E-state index contributed by atoms with van der Waals surface area (Å²) in [5.41, 5.74) is 1.60. The van der Waals surface area contributed by atoms with Crippen LogP contribution in [0.25, 0.3) is 0 Å². The molecule has 0 aliphatic heterocycles. The zero-order valence-corrected chi connectivity index (χ0v) is 9.66. The second-order valence-corrected chi connectivity index (χ2v) is 3.39. The summed E-state index contributed by atoms with van der Waals surface area (Å²) in [6.45, 7) is 3.23. The number of amides is 1. The zero-order valence-electron chi connectivity index (χ0n) is 9.66. The van der Waals surface area contributed by atoms with Gasteiger partial charge in [-0.05, 0) is 30.2 Å². The van der Waals surface area contributed by atoms with Crippen molar-refractivity contribution in [1.29, 1.82) is 0 Å². The number of methoxy groups -OCH3 is 1. The molecule has 0 unspecified atom stereocenters. The van der Waals surface area contributed by atoms with Crippen molar-refractivity contribution in [1.82, 2.24) is 0 Å². The number of carbonyl (C=O) groups excluding carboxylic acids is 2. The van der Waals surface area contributed by atoms with E-state index in [1.807, 2.05) is 6.92 Å². The maximum absolute atomic E-state index is 11.2. The average molecular weight is 221 g/mol. The van der Waals surface area contributed by atoms with Gasteiger partial charge < -0.3 is 10.1 Å². The van der Waals surface area contributed by atoms with Crippen LogP contribution in [0.3, 0.4) is 0 Å². The Morgan fingerprint density at radius 1 is 1.38 bits per heavy atom. The number of ketones is 1. The van der Waals surface area contributed by atoms with E-state index in [1.54, 1.807) is 25.3 Å². The number of aryl methyl sites for hydroxylation is 1. The third kappa shape index (κ3) is 2.82. The van der Waals surface area contributed by atoms with Gasteiger partial charge in [0.1, 0.15) is 5.75 Å². The van der Waals surface area contributed by atoms with Gasteiger partial charge in [0.2, 0.25) is 5.78 Å². The third-order valence-electron chi connectivity index (χ3n) is 2.24. The molecule has 1 aromatic carbocycles. The molecule has 4 nitrogen and oxygen atoms in total. The van der Waals surface area contributed by atoms with E-state index in [-0.39, 0.29) is 0 Å². The molecule has 0 saturated carbocycles. The standard InChI is InChI=1S/C12H15NO3/c1-4-9-7-10(5-6-11(9)16-3)13-12(15)8(2)14/h5-7H,4H2,1-3H3,(H,13,15). The van der Waals surface area contributed by atoms with Gasteiger partial charge in [0.25, 0.3) is 5.91 Å². The van der Waals surface area contributed by atoms with Crippen LogP contribution in [0.1, 0.15) is 19.4 Å².